The molecular formula is C18H21ClFN3. The minimum Gasteiger partial charge on any atom is -0.295 e. The van der Waals surface area contributed by atoms with E-state index in [1.807, 2.05) is 17.1 Å². The van der Waals surface area contributed by atoms with Gasteiger partial charge in [-0.25, -0.2) is 4.39 Å². The standard InChI is InChI=1S/C18H20FN3.ClH/c19-18-9-5-4-8-17(18)14-20-22-12-10-21(11-13-22)15-16-6-2-1-3-7-16;/h1-9,14H,10-13,15H2;1H/b20-14-;. The average molecular weight is 334 g/mol. The first-order chi connectivity index (χ1) is 10.8. The summed E-state index contributed by atoms with van der Waals surface area (Å²) in [6, 6.07) is 17.2. The molecule has 2 aromatic carbocycles. The fraction of sp³-hybridized carbons (Fsp3) is 0.278. The molecular weight excluding hydrogens is 313 g/mol. The zero-order valence-electron chi connectivity index (χ0n) is 12.9. The number of hydrogen-bond donors (Lipinski definition) is 0. The Labute approximate surface area is 142 Å². The maximum Gasteiger partial charge on any atom is 0.132 e. The molecule has 0 aliphatic carbocycles. The molecule has 0 aromatic heterocycles. The van der Waals surface area contributed by atoms with E-state index in [-0.39, 0.29) is 18.2 Å². The van der Waals surface area contributed by atoms with Crippen LogP contribution in [0, 0.1) is 5.82 Å². The minimum atomic E-state index is -0.228. The van der Waals surface area contributed by atoms with Gasteiger partial charge in [-0.05, 0) is 11.6 Å². The van der Waals surface area contributed by atoms with Crippen molar-refractivity contribution >= 4 is 18.6 Å². The third-order valence-electron chi connectivity index (χ3n) is 3.86. The van der Waals surface area contributed by atoms with Gasteiger partial charge < -0.3 is 0 Å². The minimum absolute atomic E-state index is 0. The molecule has 1 fully saturated rings. The number of hydrazone groups is 1. The lowest BCUT2D eigenvalue weighted by atomic mass is 10.2. The van der Waals surface area contributed by atoms with E-state index in [9.17, 15) is 4.39 Å². The van der Waals surface area contributed by atoms with E-state index in [4.69, 9.17) is 0 Å². The maximum absolute atomic E-state index is 13.5. The monoisotopic (exact) mass is 333 g/mol. The third-order valence-corrected chi connectivity index (χ3v) is 3.86. The Morgan fingerprint density at radius 2 is 1.57 bits per heavy atom. The number of halogens is 2. The number of rotatable bonds is 4. The number of nitrogens with zero attached hydrogens (tertiary/aromatic N) is 3. The molecule has 3 nitrogen and oxygen atoms in total. The molecule has 2 aromatic rings. The summed E-state index contributed by atoms with van der Waals surface area (Å²) in [5.74, 6) is -0.228. The Morgan fingerprint density at radius 1 is 0.913 bits per heavy atom. The molecule has 1 heterocycles. The van der Waals surface area contributed by atoms with E-state index in [1.165, 1.54) is 11.6 Å². The largest absolute Gasteiger partial charge is 0.295 e. The number of benzene rings is 2. The second-order valence-electron chi connectivity index (χ2n) is 5.48. The molecule has 0 spiro atoms. The molecule has 1 saturated heterocycles. The Balaban J connectivity index is 0.00000192. The third kappa shape index (κ3) is 5.05. The van der Waals surface area contributed by atoms with Crippen molar-refractivity contribution < 1.29 is 4.39 Å². The van der Waals surface area contributed by atoms with Gasteiger partial charge in [0.25, 0.3) is 0 Å². The van der Waals surface area contributed by atoms with Crippen LogP contribution in [0.25, 0.3) is 0 Å². The smallest absolute Gasteiger partial charge is 0.132 e. The van der Waals surface area contributed by atoms with Crippen molar-refractivity contribution in [3.05, 3.63) is 71.5 Å². The van der Waals surface area contributed by atoms with Crippen LogP contribution < -0.4 is 0 Å². The first kappa shape index (κ1) is 17.4. The summed E-state index contributed by atoms with van der Waals surface area (Å²) in [4.78, 5) is 2.42. The van der Waals surface area contributed by atoms with E-state index in [0.29, 0.717) is 5.56 Å². The van der Waals surface area contributed by atoms with Gasteiger partial charge in [-0.3, -0.25) is 9.91 Å². The summed E-state index contributed by atoms with van der Waals surface area (Å²) in [6.45, 7) is 4.67. The van der Waals surface area contributed by atoms with Crippen LogP contribution in [0.4, 0.5) is 4.39 Å². The van der Waals surface area contributed by atoms with Gasteiger partial charge in [-0.1, -0.05) is 48.5 Å². The van der Waals surface area contributed by atoms with Crippen LogP contribution in [-0.2, 0) is 6.54 Å². The molecule has 0 radical (unpaired) electrons. The molecule has 1 aliphatic rings. The SMILES string of the molecule is Cl.Fc1ccccc1/C=N\N1CCN(Cc2ccccc2)CC1. The highest BCUT2D eigenvalue weighted by Gasteiger charge is 2.15. The van der Waals surface area contributed by atoms with E-state index >= 15 is 0 Å². The molecule has 0 N–H and O–H groups in total. The number of piperazine rings is 1. The molecule has 0 saturated carbocycles. The van der Waals surface area contributed by atoms with E-state index in [1.54, 1.807) is 18.3 Å². The van der Waals surface area contributed by atoms with E-state index in [0.717, 1.165) is 32.7 Å². The fourth-order valence-corrected chi connectivity index (χ4v) is 2.58. The summed E-state index contributed by atoms with van der Waals surface area (Å²) in [6.07, 6.45) is 1.61. The molecule has 0 bridgehead atoms. The lowest BCUT2D eigenvalue weighted by Gasteiger charge is -2.33. The summed E-state index contributed by atoms with van der Waals surface area (Å²) >= 11 is 0. The van der Waals surface area contributed by atoms with Gasteiger partial charge in [0.05, 0.1) is 6.21 Å². The predicted octanol–water partition coefficient (Wildman–Crippen LogP) is 3.40. The normalized spacial score (nSPS) is 15.6. The Hall–Kier alpha value is -1.91. The van der Waals surface area contributed by atoms with Crippen molar-refractivity contribution in [2.45, 2.75) is 6.54 Å². The van der Waals surface area contributed by atoms with E-state index in [2.05, 4.69) is 34.3 Å². The van der Waals surface area contributed by atoms with Crippen molar-refractivity contribution in [3.8, 4) is 0 Å². The van der Waals surface area contributed by atoms with Crippen molar-refractivity contribution in [2.75, 3.05) is 26.2 Å². The topological polar surface area (TPSA) is 18.8 Å². The van der Waals surface area contributed by atoms with Gasteiger partial charge in [0.15, 0.2) is 0 Å². The van der Waals surface area contributed by atoms with Crippen LogP contribution in [-0.4, -0.2) is 42.3 Å². The van der Waals surface area contributed by atoms with Gasteiger partial charge in [-0.15, -0.1) is 12.4 Å². The van der Waals surface area contributed by atoms with Gasteiger partial charge in [-0.2, -0.15) is 5.10 Å². The molecule has 1 aliphatic heterocycles. The molecule has 122 valence electrons. The summed E-state index contributed by atoms with van der Waals surface area (Å²) < 4.78 is 13.5. The number of hydrogen-bond acceptors (Lipinski definition) is 3. The molecule has 0 amide bonds. The lowest BCUT2D eigenvalue weighted by molar-refractivity contribution is 0.131. The van der Waals surface area contributed by atoms with Crippen LogP contribution in [0.3, 0.4) is 0 Å². The van der Waals surface area contributed by atoms with Crippen LogP contribution in [0.15, 0.2) is 59.7 Å². The second-order valence-corrected chi connectivity index (χ2v) is 5.48. The predicted molar refractivity (Wildman–Crippen MR) is 94.5 cm³/mol. The van der Waals surface area contributed by atoms with Crippen molar-refractivity contribution in [1.29, 1.82) is 0 Å². The first-order valence-corrected chi connectivity index (χ1v) is 7.61. The molecule has 0 atom stereocenters. The van der Waals surface area contributed by atoms with Crippen LogP contribution in [0.5, 0.6) is 0 Å². The van der Waals surface area contributed by atoms with Gasteiger partial charge in [0.1, 0.15) is 5.82 Å². The van der Waals surface area contributed by atoms with Crippen LogP contribution >= 0.6 is 12.4 Å². The van der Waals surface area contributed by atoms with Crippen LogP contribution in [0.1, 0.15) is 11.1 Å². The maximum atomic E-state index is 13.5. The van der Waals surface area contributed by atoms with Crippen molar-refractivity contribution in [3.63, 3.8) is 0 Å². The zero-order valence-corrected chi connectivity index (χ0v) is 13.8. The average Bonchev–Trinajstić information content (AvgIpc) is 2.56. The lowest BCUT2D eigenvalue weighted by Crippen LogP contribution is -2.43. The quantitative estimate of drug-likeness (QED) is 0.799. The summed E-state index contributed by atoms with van der Waals surface area (Å²) in [5, 5.41) is 6.41. The summed E-state index contributed by atoms with van der Waals surface area (Å²) in [5.41, 5.74) is 1.88. The first-order valence-electron chi connectivity index (χ1n) is 7.61. The highest BCUT2D eigenvalue weighted by atomic mass is 35.5. The van der Waals surface area contributed by atoms with Gasteiger partial charge in [0, 0.05) is 38.3 Å². The Morgan fingerprint density at radius 3 is 2.26 bits per heavy atom. The van der Waals surface area contributed by atoms with Crippen LogP contribution in [0.2, 0.25) is 0 Å². The second kappa shape index (κ2) is 8.65. The van der Waals surface area contributed by atoms with E-state index < -0.39 is 0 Å². The van der Waals surface area contributed by atoms with Gasteiger partial charge in [0.2, 0.25) is 0 Å². The Bertz CT molecular complexity index is 625. The van der Waals surface area contributed by atoms with Gasteiger partial charge >= 0.3 is 0 Å². The zero-order chi connectivity index (χ0) is 15.2. The molecule has 5 heteroatoms. The highest BCUT2D eigenvalue weighted by molar-refractivity contribution is 5.85. The fourth-order valence-electron chi connectivity index (χ4n) is 2.58. The summed E-state index contributed by atoms with van der Waals surface area (Å²) in [7, 11) is 0. The Kier molecular flexibility index (Phi) is 6.56. The van der Waals surface area contributed by atoms with Crippen molar-refractivity contribution in [2.24, 2.45) is 5.10 Å². The van der Waals surface area contributed by atoms with Crippen molar-refractivity contribution in [1.82, 2.24) is 9.91 Å². The molecule has 0 unspecified atom stereocenters. The molecule has 23 heavy (non-hydrogen) atoms. The highest BCUT2D eigenvalue weighted by Crippen LogP contribution is 2.09. The molecule has 3 rings (SSSR count).